The van der Waals surface area contributed by atoms with Crippen molar-refractivity contribution in [1.29, 1.82) is 0 Å². The maximum Gasteiger partial charge on any atom is 0.0249 e. The van der Waals surface area contributed by atoms with Crippen molar-refractivity contribution in [2.45, 2.75) is 104 Å². The largest absolute Gasteiger partial charge is 0.235 e. The highest BCUT2D eigenvalue weighted by atomic mass is 14.9. The minimum absolute atomic E-state index is 0.647. The van der Waals surface area contributed by atoms with E-state index in [-0.39, 0.29) is 0 Å². The molecule has 0 N–H and O–H groups in total. The third-order valence-electron chi connectivity index (χ3n) is 3.45. The zero-order valence-electron chi connectivity index (χ0n) is 12.7. The molecule has 0 aromatic heterocycles. The first-order valence-corrected chi connectivity index (χ1v) is 7.98. The molecule has 2 unspecified atom stereocenters. The summed E-state index contributed by atoms with van der Waals surface area (Å²) < 4.78 is 0. The molecule has 0 saturated carbocycles. The van der Waals surface area contributed by atoms with Gasteiger partial charge in [0, 0.05) is 12.1 Å². The smallest absolute Gasteiger partial charge is 0.0249 e. The van der Waals surface area contributed by atoms with Gasteiger partial charge in [0.15, 0.2) is 0 Å². The van der Waals surface area contributed by atoms with Gasteiger partial charge in [0.2, 0.25) is 0 Å². The Morgan fingerprint density at radius 1 is 0.588 bits per heavy atom. The zero-order chi connectivity index (χ0) is 12.9. The van der Waals surface area contributed by atoms with Crippen LogP contribution in [0, 0.1) is 0 Å². The van der Waals surface area contributed by atoms with Crippen LogP contribution in [-0.2, 0) is 0 Å². The van der Waals surface area contributed by atoms with Crippen LogP contribution in [0.1, 0.15) is 91.9 Å². The third kappa shape index (κ3) is 9.64. The van der Waals surface area contributed by atoms with Gasteiger partial charge in [-0.1, -0.05) is 66.2 Å². The summed E-state index contributed by atoms with van der Waals surface area (Å²) in [5.74, 6) is 0. The Balaban J connectivity index is 4.02. The average molecular weight is 240 g/mol. The van der Waals surface area contributed by atoms with Crippen molar-refractivity contribution in [3.05, 3.63) is 0 Å². The SMILES string of the molecule is CCCCC(CCC)[N]C(CCC)CCCC. The van der Waals surface area contributed by atoms with Gasteiger partial charge in [0.25, 0.3) is 0 Å². The van der Waals surface area contributed by atoms with E-state index in [1.54, 1.807) is 0 Å². The molecule has 0 saturated heterocycles. The lowest BCUT2D eigenvalue weighted by Gasteiger charge is -2.23. The molecular weight excluding hydrogens is 206 g/mol. The molecule has 0 aromatic carbocycles. The van der Waals surface area contributed by atoms with Gasteiger partial charge in [0.1, 0.15) is 0 Å². The van der Waals surface area contributed by atoms with Crippen molar-refractivity contribution < 1.29 is 0 Å². The summed E-state index contributed by atoms with van der Waals surface area (Å²) in [5.41, 5.74) is 0. The van der Waals surface area contributed by atoms with Crippen LogP contribution in [0.2, 0.25) is 0 Å². The summed E-state index contributed by atoms with van der Waals surface area (Å²) in [6, 6.07) is 1.29. The van der Waals surface area contributed by atoms with Crippen LogP contribution in [-0.4, -0.2) is 12.1 Å². The van der Waals surface area contributed by atoms with Crippen molar-refractivity contribution in [3.8, 4) is 0 Å². The monoisotopic (exact) mass is 240 g/mol. The minimum Gasteiger partial charge on any atom is -0.235 e. The Labute approximate surface area is 110 Å². The molecule has 1 heteroatoms. The molecule has 1 nitrogen and oxygen atoms in total. The number of hydrogen-bond acceptors (Lipinski definition) is 0. The first kappa shape index (κ1) is 17.0. The second-order valence-corrected chi connectivity index (χ2v) is 5.32. The van der Waals surface area contributed by atoms with Gasteiger partial charge in [-0.25, -0.2) is 5.32 Å². The fraction of sp³-hybridized carbons (Fsp3) is 1.00. The topological polar surface area (TPSA) is 14.1 Å². The van der Waals surface area contributed by atoms with E-state index in [0.29, 0.717) is 12.1 Å². The van der Waals surface area contributed by atoms with Crippen molar-refractivity contribution >= 4 is 0 Å². The van der Waals surface area contributed by atoms with Crippen molar-refractivity contribution in [3.63, 3.8) is 0 Å². The molecule has 1 radical (unpaired) electrons. The zero-order valence-corrected chi connectivity index (χ0v) is 12.7. The van der Waals surface area contributed by atoms with Gasteiger partial charge in [0.05, 0.1) is 0 Å². The van der Waals surface area contributed by atoms with Gasteiger partial charge in [-0.3, -0.25) is 0 Å². The molecule has 103 valence electrons. The number of rotatable bonds is 12. The van der Waals surface area contributed by atoms with Crippen molar-refractivity contribution in [1.82, 2.24) is 5.32 Å². The molecule has 0 bridgehead atoms. The Hall–Kier alpha value is -0.0400. The van der Waals surface area contributed by atoms with E-state index in [1.807, 2.05) is 0 Å². The number of unbranched alkanes of at least 4 members (excludes halogenated alkanes) is 2. The summed E-state index contributed by atoms with van der Waals surface area (Å²) in [6.07, 6.45) is 13.1. The lowest BCUT2D eigenvalue weighted by molar-refractivity contribution is 0.337. The van der Waals surface area contributed by atoms with Crippen molar-refractivity contribution in [2.24, 2.45) is 0 Å². The Kier molecular flexibility index (Phi) is 12.4. The second kappa shape index (κ2) is 12.4. The summed E-state index contributed by atoms with van der Waals surface area (Å²) in [7, 11) is 0. The lowest BCUT2D eigenvalue weighted by atomic mass is 10.00. The number of hydrogen-bond donors (Lipinski definition) is 0. The second-order valence-electron chi connectivity index (χ2n) is 5.32. The predicted octanol–water partition coefficient (Wildman–Crippen LogP) is 5.31. The van der Waals surface area contributed by atoms with Crippen molar-refractivity contribution in [2.75, 3.05) is 0 Å². The summed E-state index contributed by atoms with van der Waals surface area (Å²) in [4.78, 5) is 0. The van der Waals surface area contributed by atoms with E-state index in [4.69, 9.17) is 5.32 Å². The normalized spacial score (nSPS) is 14.8. The average Bonchev–Trinajstić information content (AvgIpc) is 2.33. The van der Waals surface area contributed by atoms with E-state index in [1.165, 1.54) is 64.2 Å². The predicted molar refractivity (Wildman–Crippen MR) is 78.6 cm³/mol. The van der Waals surface area contributed by atoms with E-state index >= 15 is 0 Å². The first-order chi connectivity index (χ1) is 8.28. The van der Waals surface area contributed by atoms with Gasteiger partial charge in [-0.15, -0.1) is 0 Å². The maximum absolute atomic E-state index is 5.13. The van der Waals surface area contributed by atoms with Gasteiger partial charge >= 0.3 is 0 Å². The maximum atomic E-state index is 5.13. The lowest BCUT2D eigenvalue weighted by Crippen LogP contribution is -2.31. The molecule has 0 fully saturated rings. The highest BCUT2D eigenvalue weighted by Gasteiger charge is 2.15. The van der Waals surface area contributed by atoms with E-state index in [9.17, 15) is 0 Å². The van der Waals surface area contributed by atoms with E-state index in [0.717, 1.165) is 0 Å². The summed E-state index contributed by atoms with van der Waals surface area (Å²) in [6.45, 7) is 9.14. The molecule has 0 aliphatic carbocycles. The van der Waals surface area contributed by atoms with Crippen LogP contribution >= 0.6 is 0 Å². The van der Waals surface area contributed by atoms with Gasteiger partial charge in [-0.2, -0.15) is 0 Å². The van der Waals surface area contributed by atoms with Crippen LogP contribution in [0.3, 0.4) is 0 Å². The first-order valence-electron chi connectivity index (χ1n) is 7.98. The standard InChI is InChI=1S/C16H34N/c1-5-9-13-15(11-7-3)17-16(12-8-4)14-10-6-2/h15-16H,5-14H2,1-4H3. The molecule has 0 heterocycles. The van der Waals surface area contributed by atoms with E-state index in [2.05, 4.69) is 27.7 Å². The molecule has 0 aliphatic rings. The van der Waals surface area contributed by atoms with Gasteiger partial charge < -0.3 is 0 Å². The van der Waals surface area contributed by atoms with Crippen LogP contribution in [0.25, 0.3) is 0 Å². The summed E-state index contributed by atoms with van der Waals surface area (Å²) >= 11 is 0. The fourth-order valence-electron chi connectivity index (χ4n) is 2.43. The molecular formula is C16H34N. The van der Waals surface area contributed by atoms with Crippen LogP contribution < -0.4 is 5.32 Å². The molecule has 0 aliphatic heterocycles. The molecule has 0 rings (SSSR count). The van der Waals surface area contributed by atoms with Crippen LogP contribution in [0.15, 0.2) is 0 Å². The molecule has 0 amide bonds. The Morgan fingerprint density at radius 3 is 1.29 bits per heavy atom. The fourth-order valence-corrected chi connectivity index (χ4v) is 2.43. The molecule has 0 aromatic rings. The molecule has 2 atom stereocenters. The molecule has 17 heavy (non-hydrogen) atoms. The summed E-state index contributed by atoms with van der Waals surface area (Å²) in [5, 5.41) is 5.13. The van der Waals surface area contributed by atoms with Gasteiger partial charge in [-0.05, 0) is 25.7 Å². The van der Waals surface area contributed by atoms with Crippen LogP contribution in [0.5, 0.6) is 0 Å². The minimum atomic E-state index is 0.647. The highest BCUT2D eigenvalue weighted by Crippen LogP contribution is 2.14. The quantitative estimate of drug-likeness (QED) is 0.439. The molecule has 0 spiro atoms. The third-order valence-corrected chi connectivity index (χ3v) is 3.45. The van der Waals surface area contributed by atoms with Crippen LogP contribution in [0.4, 0.5) is 0 Å². The van der Waals surface area contributed by atoms with E-state index < -0.39 is 0 Å². The Bertz CT molecular complexity index is 128. The Morgan fingerprint density at radius 2 is 1.00 bits per heavy atom. The highest BCUT2D eigenvalue weighted by molar-refractivity contribution is 4.73. The number of nitrogens with zero attached hydrogens (tertiary/aromatic N) is 1.